The van der Waals surface area contributed by atoms with Crippen LogP contribution >= 0.6 is 15.9 Å². The standard InChI is InChI=1S/C24H28BrN3O4S/c1-18(29)28-9-7-20-15-21(25)16-22(24(20)28)33(31,32)14-8-23(30)27-12-10-26(11-13-27)17-19-5-3-2-4-6-19/h2-6,15-16H,7-14,17H2,1H3. The normalized spacial score (nSPS) is 16.7. The molecule has 2 amide bonds. The molecule has 0 radical (unpaired) electrons. The maximum atomic E-state index is 13.2. The molecule has 176 valence electrons. The average Bonchev–Trinajstić information content (AvgIpc) is 3.22. The van der Waals surface area contributed by atoms with Crippen LogP contribution in [0.25, 0.3) is 0 Å². The Morgan fingerprint density at radius 2 is 1.70 bits per heavy atom. The molecule has 0 N–H and O–H groups in total. The summed E-state index contributed by atoms with van der Waals surface area (Å²) in [6.45, 7) is 5.47. The number of anilines is 1. The molecule has 2 heterocycles. The minimum atomic E-state index is -3.74. The molecule has 0 spiro atoms. The van der Waals surface area contributed by atoms with Gasteiger partial charge < -0.3 is 9.80 Å². The SMILES string of the molecule is CC(=O)N1CCc2cc(Br)cc(S(=O)(=O)CCC(=O)N3CCN(Cc4ccccc4)CC3)c21. The van der Waals surface area contributed by atoms with E-state index in [0.29, 0.717) is 36.2 Å². The molecule has 0 atom stereocenters. The molecular weight excluding hydrogens is 506 g/mol. The largest absolute Gasteiger partial charge is 0.340 e. The second-order valence-electron chi connectivity index (χ2n) is 8.54. The van der Waals surface area contributed by atoms with E-state index in [1.807, 2.05) is 24.3 Å². The summed E-state index contributed by atoms with van der Waals surface area (Å²) in [6.07, 6.45) is 0.547. The Bertz CT molecular complexity index is 1150. The summed E-state index contributed by atoms with van der Waals surface area (Å²) >= 11 is 3.39. The minimum absolute atomic E-state index is 0.0671. The lowest BCUT2D eigenvalue weighted by Crippen LogP contribution is -2.48. The van der Waals surface area contributed by atoms with E-state index in [4.69, 9.17) is 0 Å². The second-order valence-corrected chi connectivity index (χ2v) is 11.5. The molecule has 7 nitrogen and oxygen atoms in total. The van der Waals surface area contributed by atoms with Crippen LogP contribution < -0.4 is 4.90 Å². The Labute approximate surface area is 203 Å². The number of sulfone groups is 1. The van der Waals surface area contributed by atoms with Crippen LogP contribution in [0.2, 0.25) is 0 Å². The van der Waals surface area contributed by atoms with Crippen molar-refractivity contribution in [1.82, 2.24) is 9.80 Å². The van der Waals surface area contributed by atoms with Gasteiger partial charge in [-0.15, -0.1) is 0 Å². The first kappa shape index (κ1) is 23.9. The van der Waals surface area contributed by atoms with Crippen LogP contribution in [0.5, 0.6) is 0 Å². The van der Waals surface area contributed by atoms with Crippen LogP contribution in [-0.2, 0) is 32.4 Å². The van der Waals surface area contributed by atoms with Gasteiger partial charge in [0.1, 0.15) is 0 Å². The molecule has 0 aromatic heterocycles. The molecule has 0 bridgehead atoms. The number of rotatable bonds is 6. The molecule has 2 aliphatic heterocycles. The topological polar surface area (TPSA) is 78.0 Å². The fourth-order valence-electron chi connectivity index (χ4n) is 4.51. The van der Waals surface area contributed by atoms with Gasteiger partial charge in [-0.2, -0.15) is 0 Å². The van der Waals surface area contributed by atoms with Crippen LogP contribution in [0, 0.1) is 0 Å². The van der Waals surface area contributed by atoms with Gasteiger partial charge in [-0.25, -0.2) is 8.42 Å². The summed E-state index contributed by atoms with van der Waals surface area (Å²) in [7, 11) is -3.74. The fraction of sp³-hybridized carbons (Fsp3) is 0.417. The van der Waals surface area contributed by atoms with Crippen LogP contribution in [0.3, 0.4) is 0 Å². The number of hydrogen-bond donors (Lipinski definition) is 0. The van der Waals surface area contributed by atoms with Crippen LogP contribution in [-0.4, -0.2) is 68.5 Å². The van der Waals surface area contributed by atoms with Gasteiger partial charge in [0.05, 0.1) is 16.3 Å². The van der Waals surface area contributed by atoms with Crippen molar-refractivity contribution < 1.29 is 18.0 Å². The van der Waals surface area contributed by atoms with Crippen molar-refractivity contribution in [3.63, 3.8) is 0 Å². The Morgan fingerprint density at radius 1 is 1.00 bits per heavy atom. The maximum Gasteiger partial charge on any atom is 0.223 e. The number of fused-ring (bicyclic) bond motifs is 1. The van der Waals surface area contributed by atoms with Gasteiger partial charge in [0.2, 0.25) is 11.8 Å². The molecule has 2 aromatic carbocycles. The van der Waals surface area contributed by atoms with Crippen molar-refractivity contribution in [2.24, 2.45) is 0 Å². The number of piperazine rings is 1. The van der Waals surface area contributed by atoms with Crippen molar-refractivity contribution in [1.29, 1.82) is 0 Å². The summed E-state index contributed by atoms with van der Waals surface area (Å²) in [4.78, 5) is 30.5. The van der Waals surface area contributed by atoms with E-state index < -0.39 is 9.84 Å². The summed E-state index contributed by atoms with van der Waals surface area (Å²) in [5, 5.41) is 0. The van der Waals surface area contributed by atoms with Gasteiger partial charge >= 0.3 is 0 Å². The van der Waals surface area contributed by atoms with Gasteiger partial charge in [-0.1, -0.05) is 46.3 Å². The molecule has 0 saturated carbocycles. The van der Waals surface area contributed by atoms with E-state index in [1.54, 1.807) is 11.0 Å². The van der Waals surface area contributed by atoms with E-state index in [0.717, 1.165) is 25.2 Å². The summed E-state index contributed by atoms with van der Waals surface area (Å²) in [5.74, 6) is -0.602. The highest BCUT2D eigenvalue weighted by Gasteiger charge is 2.32. The third kappa shape index (κ3) is 5.47. The highest BCUT2D eigenvalue weighted by molar-refractivity contribution is 9.10. The first-order valence-electron chi connectivity index (χ1n) is 11.1. The molecule has 4 rings (SSSR count). The van der Waals surface area contributed by atoms with Gasteiger partial charge in [0.15, 0.2) is 9.84 Å². The van der Waals surface area contributed by atoms with Gasteiger partial charge in [0.25, 0.3) is 0 Å². The number of benzene rings is 2. The highest BCUT2D eigenvalue weighted by Crippen LogP contribution is 2.38. The Hall–Kier alpha value is -2.23. The lowest BCUT2D eigenvalue weighted by Gasteiger charge is -2.34. The van der Waals surface area contributed by atoms with Gasteiger partial charge in [0, 0.05) is 57.1 Å². The summed E-state index contributed by atoms with van der Waals surface area (Å²) in [6, 6.07) is 13.6. The molecule has 1 saturated heterocycles. The zero-order valence-electron chi connectivity index (χ0n) is 18.7. The molecule has 0 aliphatic carbocycles. The Balaban J connectivity index is 1.38. The van der Waals surface area contributed by atoms with Crippen molar-refractivity contribution in [3.8, 4) is 0 Å². The fourth-order valence-corrected chi connectivity index (χ4v) is 6.67. The second kappa shape index (κ2) is 9.95. The lowest BCUT2D eigenvalue weighted by atomic mass is 10.2. The number of hydrogen-bond acceptors (Lipinski definition) is 5. The molecule has 1 fully saturated rings. The van der Waals surface area contributed by atoms with Crippen LogP contribution in [0.1, 0.15) is 24.5 Å². The lowest BCUT2D eigenvalue weighted by molar-refractivity contribution is -0.132. The van der Waals surface area contributed by atoms with E-state index in [-0.39, 0.29) is 28.9 Å². The quantitative estimate of drug-likeness (QED) is 0.570. The highest BCUT2D eigenvalue weighted by atomic mass is 79.9. The zero-order chi connectivity index (χ0) is 23.6. The molecule has 9 heteroatoms. The zero-order valence-corrected chi connectivity index (χ0v) is 21.1. The third-order valence-electron chi connectivity index (χ3n) is 6.27. The summed E-state index contributed by atoms with van der Waals surface area (Å²) < 4.78 is 27.1. The first-order chi connectivity index (χ1) is 15.7. The number of halogens is 1. The molecular formula is C24H28BrN3O4S. The van der Waals surface area contributed by atoms with E-state index in [2.05, 4.69) is 33.0 Å². The van der Waals surface area contributed by atoms with Crippen molar-refractivity contribution in [2.75, 3.05) is 43.4 Å². The van der Waals surface area contributed by atoms with E-state index in [9.17, 15) is 18.0 Å². The predicted molar refractivity (Wildman–Crippen MR) is 131 cm³/mol. The van der Waals surface area contributed by atoms with Crippen LogP contribution in [0.15, 0.2) is 51.8 Å². The van der Waals surface area contributed by atoms with Gasteiger partial charge in [-0.05, 0) is 29.7 Å². The molecule has 2 aliphatic rings. The smallest absolute Gasteiger partial charge is 0.223 e. The number of amides is 2. The van der Waals surface area contributed by atoms with Crippen LogP contribution in [0.4, 0.5) is 5.69 Å². The minimum Gasteiger partial charge on any atom is -0.340 e. The number of carbonyl (C=O) groups excluding carboxylic acids is 2. The first-order valence-corrected chi connectivity index (χ1v) is 13.6. The average molecular weight is 534 g/mol. The van der Waals surface area contributed by atoms with Gasteiger partial charge in [-0.3, -0.25) is 14.5 Å². The maximum absolute atomic E-state index is 13.2. The molecule has 33 heavy (non-hydrogen) atoms. The molecule has 2 aromatic rings. The predicted octanol–water partition coefficient (Wildman–Crippen LogP) is 2.87. The third-order valence-corrected chi connectivity index (χ3v) is 8.45. The number of carbonyl (C=O) groups is 2. The summed E-state index contributed by atoms with van der Waals surface area (Å²) in [5.41, 5.74) is 2.54. The Kier molecular flexibility index (Phi) is 7.21. The number of nitrogens with zero attached hydrogens (tertiary/aromatic N) is 3. The van der Waals surface area contributed by atoms with E-state index in [1.165, 1.54) is 17.4 Å². The monoisotopic (exact) mass is 533 g/mol. The van der Waals surface area contributed by atoms with Crippen molar-refractivity contribution in [2.45, 2.75) is 31.2 Å². The Morgan fingerprint density at radius 3 is 2.36 bits per heavy atom. The van der Waals surface area contributed by atoms with E-state index >= 15 is 0 Å². The van der Waals surface area contributed by atoms with Crippen molar-refractivity contribution in [3.05, 3.63) is 58.1 Å². The van der Waals surface area contributed by atoms with Crippen molar-refractivity contribution >= 4 is 43.3 Å². The molecule has 0 unspecified atom stereocenters.